The zero-order chi connectivity index (χ0) is 24.6. The lowest BCUT2D eigenvalue weighted by Crippen LogP contribution is -2.45. The molecule has 0 radical (unpaired) electrons. The Balaban J connectivity index is 1.40. The number of hydrogen-bond donors (Lipinski definition) is 5. The summed E-state index contributed by atoms with van der Waals surface area (Å²) < 4.78 is 27.3. The van der Waals surface area contributed by atoms with Crippen LogP contribution in [-0.4, -0.2) is 64.8 Å². The summed E-state index contributed by atoms with van der Waals surface area (Å²) in [6, 6.07) is 8.02. The van der Waals surface area contributed by atoms with Gasteiger partial charge in [0.25, 0.3) is 0 Å². The molecule has 2 aromatic rings. The third kappa shape index (κ3) is 4.79. The molecule has 11 nitrogen and oxygen atoms in total. The maximum absolute atomic E-state index is 13.0. The third-order valence-corrected chi connectivity index (χ3v) is 7.91. The lowest BCUT2D eigenvalue weighted by molar-refractivity contribution is -0.133. The lowest BCUT2D eigenvalue weighted by atomic mass is 10.1. The number of sulfonamides is 1. The van der Waals surface area contributed by atoms with E-state index in [0.29, 0.717) is 19.5 Å². The highest BCUT2D eigenvalue weighted by atomic mass is 32.2. The molecule has 2 aliphatic rings. The second-order valence-electron chi connectivity index (χ2n) is 8.60. The number of phenols is 2. The van der Waals surface area contributed by atoms with Crippen molar-refractivity contribution in [1.29, 1.82) is 0 Å². The summed E-state index contributed by atoms with van der Waals surface area (Å²) in [5, 5.41) is 22.8. The molecule has 1 saturated heterocycles. The fourth-order valence-electron chi connectivity index (χ4n) is 4.34. The number of aromatic hydroxyl groups is 2. The van der Waals surface area contributed by atoms with Crippen LogP contribution < -0.4 is 16.8 Å². The molecule has 2 aromatic carbocycles. The number of fused-ring (bicyclic) bond motifs is 1. The van der Waals surface area contributed by atoms with Gasteiger partial charge in [0.15, 0.2) is 0 Å². The van der Waals surface area contributed by atoms with Crippen molar-refractivity contribution >= 4 is 27.5 Å². The van der Waals surface area contributed by atoms with Gasteiger partial charge in [0.2, 0.25) is 21.8 Å². The molecule has 2 amide bonds. The first-order chi connectivity index (χ1) is 16.0. The molecule has 182 valence electrons. The molecule has 2 heterocycles. The minimum absolute atomic E-state index is 0.0158. The number of nitrogens with two attached hydrogens (primary N) is 2. The van der Waals surface area contributed by atoms with E-state index in [1.165, 1.54) is 16.4 Å². The van der Waals surface area contributed by atoms with Gasteiger partial charge in [-0.25, -0.2) is 8.42 Å². The second kappa shape index (κ2) is 9.12. The summed E-state index contributed by atoms with van der Waals surface area (Å²) in [4.78, 5) is 24.8. The average Bonchev–Trinajstić information content (AvgIpc) is 3.39. The van der Waals surface area contributed by atoms with Gasteiger partial charge in [-0.05, 0) is 41.8 Å². The maximum atomic E-state index is 13.0. The molecule has 0 bridgehead atoms. The molecule has 0 unspecified atom stereocenters. The highest BCUT2D eigenvalue weighted by Gasteiger charge is 2.33. The van der Waals surface area contributed by atoms with Crippen molar-refractivity contribution in [2.24, 2.45) is 11.5 Å². The first kappa shape index (κ1) is 23.8. The summed E-state index contributed by atoms with van der Waals surface area (Å²) in [5.41, 5.74) is 13.4. The third-order valence-electron chi connectivity index (χ3n) is 6.07. The smallest absolute Gasteiger partial charge is 0.247 e. The van der Waals surface area contributed by atoms with Crippen LogP contribution in [0.3, 0.4) is 0 Å². The number of primary amides is 1. The largest absolute Gasteiger partial charge is 0.508 e. The second-order valence-corrected chi connectivity index (χ2v) is 10.5. The first-order valence-electron chi connectivity index (χ1n) is 10.8. The molecule has 0 aliphatic carbocycles. The van der Waals surface area contributed by atoms with Gasteiger partial charge in [0.05, 0.1) is 12.5 Å². The Morgan fingerprint density at radius 1 is 1.12 bits per heavy atom. The van der Waals surface area contributed by atoms with Crippen molar-refractivity contribution in [2.75, 3.05) is 18.4 Å². The molecule has 0 aromatic heterocycles. The number of amides is 2. The molecule has 34 heavy (non-hydrogen) atoms. The van der Waals surface area contributed by atoms with Crippen LogP contribution in [0.1, 0.15) is 24.0 Å². The Kier molecular flexibility index (Phi) is 6.39. The standard InChI is InChI=1S/C22H27N5O6S/c23-18(9-21(24)30)22(31)26-6-5-16(12-26)25-15-2-1-13-10-27(11-14(13)7-15)34(32,33)20-4-3-17(28)8-19(20)29/h1-4,7-8,16,18,25,28-29H,5-6,9-12,23H2,(H2,24,30)/t16-,18+/m1/s1. The van der Waals surface area contributed by atoms with E-state index in [-0.39, 0.29) is 42.1 Å². The van der Waals surface area contributed by atoms with E-state index in [2.05, 4.69) is 5.32 Å². The fraction of sp³-hybridized carbons (Fsp3) is 0.364. The van der Waals surface area contributed by atoms with Crippen molar-refractivity contribution in [1.82, 2.24) is 9.21 Å². The highest BCUT2D eigenvalue weighted by molar-refractivity contribution is 7.89. The summed E-state index contributed by atoms with van der Waals surface area (Å²) >= 11 is 0. The van der Waals surface area contributed by atoms with Crippen LogP contribution in [0, 0.1) is 0 Å². The van der Waals surface area contributed by atoms with Gasteiger partial charge >= 0.3 is 0 Å². The van der Waals surface area contributed by atoms with E-state index in [9.17, 15) is 28.2 Å². The van der Waals surface area contributed by atoms with Gasteiger partial charge < -0.3 is 31.9 Å². The number of carbonyl (C=O) groups excluding carboxylic acids is 2. The minimum Gasteiger partial charge on any atom is -0.508 e. The lowest BCUT2D eigenvalue weighted by Gasteiger charge is -2.21. The number of rotatable bonds is 7. The monoisotopic (exact) mass is 489 g/mol. The zero-order valence-corrected chi connectivity index (χ0v) is 19.2. The van der Waals surface area contributed by atoms with Gasteiger partial charge in [-0.3, -0.25) is 9.59 Å². The molecule has 0 saturated carbocycles. The van der Waals surface area contributed by atoms with Crippen LogP contribution in [0.2, 0.25) is 0 Å². The van der Waals surface area contributed by atoms with E-state index in [4.69, 9.17) is 11.5 Å². The van der Waals surface area contributed by atoms with Gasteiger partial charge in [-0.15, -0.1) is 0 Å². The van der Waals surface area contributed by atoms with Crippen LogP contribution in [0.25, 0.3) is 0 Å². The summed E-state index contributed by atoms with van der Waals surface area (Å²) in [5.74, 6) is -1.66. The summed E-state index contributed by atoms with van der Waals surface area (Å²) in [6.07, 6.45) is 0.506. The van der Waals surface area contributed by atoms with E-state index in [1.54, 1.807) is 4.90 Å². The number of phenolic OH excluding ortho intramolecular Hbond substituents is 2. The van der Waals surface area contributed by atoms with E-state index < -0.39 is 27.7 Å². The van der Waals surface area contributed by atoms with E-state index >= 15 is 0 Å². The fourth-order valence-corrected chi connectivity index (χ4v) is 5.80. The van der Waals surface area contributed by atoms with Crippen LogP contribution in [-0.2, 0) is 32.7 Å². The normalized spacial score (nSPS) is 19.1. The number of nitrogens with zero attached hydrogens (tertiary/aromatic N) is 2. The Morgan fingerprint density at radius 2 is 1.85 bits per heavy atom. The quantitative estimate of drug-likeness (QED) is 0.361. The molecule has 4 rings (SSSR count). The number of carbonyl (C=O) groups is 2. The van der Waals surface area contributed by atoms with Crippen LogP contribution in [0.4, 0.5) is 5.69 Å². The predicted molar refractivity (Wildman–Crippen MR) is 123 cm³/mol. The Morgan fingerprint density at radius 3 is 2.56 bits per heavy atom. The Hall–Kier alpha value is -3.35. The topological polar surface area (TPSA) is 179 Å². The van der Waals surface area contributed by atoms with Gasteiger partial charge in [0.1, 0.15) is 16.4 Å². The minimum atomic E-state index is -3.96. The summed E-state index contributed by atoms with van der Waals surface area (Å²) in [7, 11) is -3.96. The van der Waals surface area contributed by atoms with Crippen molar-refractivity contribution in [2.45, 2.75) is 42.9 Å². The molecular weight excluding hydrogens is 462 g/mol. The van der Waals surface area contributed by atoms with E-state index in [1.807, 2.05) is 18.2 Å². The maximum Gasteiger partial charge on any atom is 0.247 e. The number of hydrogen-bond acceptors (Lipinski definition) is 8. The van der Waals surface area contributed by atoms with Gasteiger partial charge in [0, 0.05) is 44.0 Å². The molecule has 2 atom stereocenters. The molecule has 0 spiro atoms. The van der Waals surface area contributed by atoms with Gasteiger partial charge in [-0.1, -0.05) is 6.07 Å². The molecule has 12 heteroatoms. The summed E-state index contributed by atoms with van der Waals surface area (Å²) in [6.45, 7) is 1.26. The van der Waals surface area contributed by atoms with Crippen LogP contribution >= 0.6 is 0 Å². The Bertz CT molecular complexity index is 1230. The van der Waals surface area contributed by atoms with Crippen LogP contribution in [0.5, 0.6) is 11.5 Å². The van der Waals surface area contributed by atoms with E-state index in [0.717, 1.165) is 22.9 Å². The highest BCUT2D eigenvalue weighted by Crippen LogP contribution is 2.35. The van der Waals surface area contributed by atoms with Crippen LogP contribution in [0.15, 0.2) is 41.3 Å². The molecule has 7 N–H and O–H groups in total. The van der Waals surface area contributed by atoms with Crippen molar-refractivity contribution in [3.63, 3.8) is 0 Å². The van der Waals surface area contributed by atoms with Crippen molar-refractivity contribution in [3.8, 4) is 11.5 Å². The predicted octanol–water partition coefficient (Wildman–Crippen LogP) is 0.0178. The Labute approximate surface area is 197 Å². The van der Waals surface area contributed by atoms with Crippen molar-refractivity contribution < 1.29 is 28.2 Å². The average molecular weight is 490 g/mol. The molecule has 2 aliphatic heterocycles. The number of nitrogens with one attached hydrogen (secondary N) is 1. The number of benzene rings is 2. The molecular formula is C22H27N5O6S. The molecule has 1 fully saturated rings. The van der Waals surface area contributed by atoms with Gasteiger partial charge in [-0.2, -0.15) is 4.31 Å². The first-order valence-corrected chi connectivity index (χ1v) is 12.2. The number of likely N-dealkylation sites (tertiary alicyclic amines) is 1. The SMILES string of the molecule is NC(=O)C[C@H](N)C(=O)N1CC[C@@H](Nc2ccc3c(c2)CN(S(=O)(=O)c2ccc(O)cc2O)C3)C1. The van der Waals surface area contributed by atoms with Crippen molar-refractivity contribution in [3.05, 3.63) is 47.5 Å². The zero-order valence-electron chi connectivity index (χ0n) is 18.3. The number of anilines is 1.